The van der Waals surface area contributed by atoms with Gasteiger partial charge in [0.15, 0.2) is 0 Å². The molecular formula is C8H22N2O3Si. The van der Waals surface area contributed by atoms with Crippen LogP contribution < -0.4 is 10.6 Å². The second-order valence-corrected chi connectivity index (χ2v) is 5.77. The number of hydrogen-bond acceptors (Lipinski definition) is 5. The molecule has 0 aliphatic rings. The van der Waals surface area contributed by atoms with E-state index in [1.165, 1.54) is 0 Å². The van der Waals surface area contributed by atoms with Crippen LogP contribution in [0, 0.1) is 0 Å². The molecule has 0 unspecified atom stereocenters. The summed E-state index contributed by atoms with van der Waals surface area (Å²) in [5.74, 6) is 0. The summed E-state index contributed by atoms with van der Waals surface area (Å²) in [5, 5.41) is 6.46. The van der Waals surface area contributed by atoms with Crippen LogP contribution >= 0.6 is 0 Å². The second kappa shape index (κ2) is 8.34. The van der Waals surface area contributed by atoms with Gasteiger partial charge in [-0.3, -0.25) is 0 Å². The standard InChI is InChI=1S/C8H22N2O3Si/c1-5-9-6-7-10-8-14(11-2,12-3)13-4/h9-10H,5-8H2,1-4H3. The fraction of sp³-hybridized carbons (Fsp3) is 1.00. The molecule has 0 aliphatic carbocycles. The molecule has 0 amide bonds. The summed E-state index contributed by atoms with van der Waals surface area (Å²) in [7, 11) is 2.43. The fourth-order valence-electron chi connectivity index (χ4n) is 1.06. The van der Waals surface area contributed by atoms with Crippen LogP contribution in [0.15, 0.2) is 0 Å². The van der Waals surface area contributed by atoms with Gasteiger partial charge in [-0.1, -0.05) is 6.92 Å². The van der Waals surface area contributed by atoms with E-state index in [9.17, 15) is 0 Å². The van der Waals surface area contributed by atoms with Crippen molar-refractivity contribution in [3.05, 3.63) is 0 Å². The monoisotopic (exact) mass is 222 g/mol. The predicted molar refractivity (Wildman–Crippen MR) is 58.2 cm³/mol. The summed E-state index contributed by atoms with van der Waals surface area (Å²) in [6.45, 7) is 4.90. The molecular weight excluding hydrogens is 200 g/mol. The van der Waals surface area contributed by atoms with Crippen molar-refractivity contribution >= 4 is 8.80 Å². The van der Waals surface area contributed by atoms with Crippen molar-refractivity contribution in [1.82, 2.24) is 10.6 Å². The zero-order chi connectivity index (χ0) is 10.9. The Morgan fingerprint density at radius 2 is 1.43 bits per heavy atom. The lowest BCUT2D eigenvalue weighted by Crippen LogP contribution is -2.52. The van der Waals surface area contributed by atoms with Gasteiger partial charge >= 0.3 is 8.80 Å². The van der Waals surface area contributed by atoms with Crippen LogP contribution in [0.1, 0.15) is 6.92 Å². The third-order valence-corrected chi connectivity index (χ3v) is 4.55. The van der Waals surface area contributed by atoms with Gasteiger partial charge in [0.25, 0.3) is 0 Å². The van der Waals surface area contributed by atoms with Gasteiger partial charge in [-0.25, -0.2) is 0 Å². The van der Waals surface area contributed by atoms with Crippen LogP contribution in [0.5, 0.6) is 0 Å². The molecule has 0 saturated heterocycles. The van der Waals surface area contributed by atoms with Crippen LogP contribution in [0.2, 0.25) is 0 Å². The first-order valence-corrected chi connectivity index (χ1v) is 6.74. The van der Waals surface area contributed by atoms with Crippen molar-refractivity contribution in [3.8, 4) is 0 Å². The summed E-state index contributed by atoms with van der Waals surface area (Å²) in [4.78, 5) is 0. The molecule has 14 heavy (non-hydrogen) atoms. The number of rotatable bonds is 9. The van der Waals surface area contributed by atoms with E-state index in [1.54, 1.807) is 21.3 Å². The van der Waals surface area contributed by atoms with Gasteiger partial charge in [-0.05, 0) is 6.54 Å². The Bertz CT molecular complexity index is 125. The van der Waals surface area contributed by atoms with E-state index in [1.807, 2.05) is 0 Å². The van der Waals surface area contributed by atoms with Crippen LogP contribution in [0.4, 0.5) is 0 Å². The summed E-state index contributed by atoms with van der Waals surface area (Å²) in [6, 6.07) is 0. The Balaban J connectivity index is 3.61. The van der Waals surface area contributed by atoms with Crippen LogP contribution in [-0.4, -0.2) is 55.9 Å². The Hall–Kier alpha value is 0.0169. The average molecular weight is 222 g/mol. The Labute approximate surface area is 87.5 Å². The summed E-state index contributed by atoms with van der Waals surface area (Å²) >= 11 is 0. The molecule has 0 aromatic rings. The molecule has 86 valence electrons. The third-order valence-electron chi connectivity index (χ3n) is 2.00. The molecule has 0 aliphatic heterocycles. The Kier molecular flexibility index (Phi) is 8.35. The van der Waals surface area contributed by atoms with E-state index in [0.717, 1.165) is 19.6 Å². The van der Waals surface area contributed by atoms with E-state index >= 15 is 0 Å². The van der Waals surface area contributed by atoms with E-state index in [0.29, 0.717) is 6.17 Å². The minimum absolute atomic E-state index is 0.641. The molecule has 0 fully saturated rings. The lowest BCUT2D eigenvalue weighted by Gasteiger charge is -2.24. The van der Waals surface area contributed by atoms with Crippen molar-refractivity contribution in [3.63, 3.8) is 0 Å². The largest absolute Gasteiger partial charge is 0.514 e. The van der Waals surface area contributed by atoms with Crippen LogP contribution in [-0.2, 0) is 13.3 Å². The molecule has 0 radical (unpaired) electrons. The van der Waals surface area contributed by atoms with E-state index in [-0.39, 0.29) is 0 Å². The van der Waals surface area contributed by atoms with Gasteiger partial charge in [0, 0.05) is 34.4 Å². The maximum Gasteiger partial charge on any atom is 0.514 e. The zero-order valence-electron chi connectivity index (χ0n) is 9.55. The fourth-order valence-corrected chi connectivity index (χ4v) is 2.48. The first-order valence-electron chi connectivity index (χ1n) is 4.81. The lowest BCUT2D eigenvalue weighted by molar-refractivity contribution is 0.122. The molecule has 0 heterocycles. The summed E-state index contributed by atoms with van der Waals surface area (Å²) in [6.07, 6.45) is 0.641. The van der Waals surface area contributed by atoms with Crippen molar-refractivity contribution in [2.24, 2.45) is 0 Å². The smallest absolute Gasteiger partial charge is 0.376 e. The average Bonchev–Trinajstić information content (AvgIpc) is 2.24. The molecule has 0 spiro atoms. The summed E-state index contributed by atoms with van der Waals surface area (Å²) in [5.41, 5.74) is 0. The highest BCUT2D eigenvalue weighted by molar-refractivity contribution is 6.60. The first kappa shape index (κ1) is 14.0. The van der Waals surface area contributed by atoms with E-state index < -0.39 is 8.80 Å². The van der Waals surface area contributed by atoms with Gasteiger partial charge in [0.1, 0.15) is 0 Å². The van der Waals surface area contributed by atoms with Crippen molar-refractivity contribution in [2.75, 3.05) is 47.1 Å². The highest BCUT2D eigenvalue weighted by Crippen LogP contribution is 2.03. The van der Waals surface area contributed by atoms with Gasteiger partial charge < -0.3 is 23.9 Å². The molecule has 6 heteroatoms. The topological polar surface area (TPSA) is 51.8 Å². The molecule has 0 aromatic carbocycles. The number of hydrogen-bond donors (Lipinski definition) is 2. The van der Waals surface area contributed by atoms with Crippen molar-refractivity contribution in [2.45, 2.75) is 6.92 Å². The maximum atomic E-state index is 5.25. The van der Waals surface area contributed by atoms with E-state index in [4.69, 9.17) is 13.3 Å². The predicted octanol–water partition coefficient (Wildman–Crippen LogP) is -0.397. The van der Waals surface area contributed by atoms with Gasteiger partial charge in [-0.15, -0.1) is 0 Å². The van der Waals surface area contributed by atoms with E-state index in [2.05, 4.69) is 17.6 Å². The molecule has 0 bridgehead atoms. The minimum Gasteiger partial charge on any atom is -0.376 e. The molecule has 0 aromatic heterocycles. The van der Waals surface area contributed by atoms with Gasteiger partial charge in [-0.2, -0.15) is 0 Å². The quantitative estimate of drug-likeness (QED) is 0.411. The van der Waals surface area contributed by atoms with Crippen molar-refractivity contribution < 1.29 is 13.3 Å². The summed E-state index contributed by atoms with van der Waals surface area (Å²) < 4.78 is 15.8. The molecule has 2 N–H and O–H groups in total. The van der Waals surface area contributed by atoms with Crippen molar-refractivity contribution in [1.29, 1.82) is 0 Å². The van der Waals surface area contributed by atoms with Crippen LogP contribution in [0.25, 0.3) is 0 Å². The number of nitrogens with one attached hydrogen (secondary N) is 2. The maximum absolute atomic E-state index is 5.25. The minimum atomic E-state index is -2.42. The number of likely N-dealkylation sites (N-methyl/N-ethyl adjacent to an activating group) is 1. The zero-order valence-corrected chi connectivity index (χ0v) is 10.6. The lowest BCUT2D eigenvalue weighted by atomic mass is 10.6. The molecule has 0 saturated carbocycles. The Morgan fingerprint density at radius 1 is 0.929 bits per heavy atom. The molecule has 0 atom stereocenters. The molecule has 0 rings (SSSR count). The highest BCUT2D eigenvalue weighted by Gasteiger charge is 2.37. The molecule has 5 nitrogen and oxygen atoms in total. The first-order chi connectivity index (χ1) is 6.74. The Morgan fingerprint density at radius 3 is 1.86 bits per heavy atom. The normalized spacial score (nSPS) is 12.0. The van der Waals surface area contributed by atoms with Gasteiger partial charge in [0.2, 0.25) is 0 Å². The second-order valence-electron chi connectivity index (χ2n) is 2.83. The highest BCUT2D eigenvalue weighted by atomic mass is 28.4. The SMILES string of the molecule is CCNCCNC[Si](OC)(OC)OC. The van der Waals surface area contributed by atoms with Gasteiger partial charge in [0.05, 0.1) is 6.17 Å². The third kappa shape index (κ3) is 5.04. The van der Waals surface area contributed by atoms with Crippen LogP contribution in [0.3, 0.4) is 0 Å².